The van der Waals surface area contributed by atoms with Crippen molar-refractivity contribution in [1.29, 1.82) is 0 Å². The Morgan fingerprint density at radius 2 is 2.11 bits per heavy atom. The van der Waals surface area contributed by atoms with E-state index in [2.05, 4.69) is 5.10 Å². The molecule has 7 heteroatoms. The Kier molecular flexibility index (Phi) is 2.98. The molecule has 1 aromatic rings. The van der Waals surface area contributed by atoms with Gasteiger partial charge in [0.25, 0.3) is 0 Å². The molecule has 0 spiro atoms. The van der Waals surface area contributed by atoms with Gasteiger partial charge in [-0.2, -0.15) is 18.3 Å². The lowest BCUT2D eigenvalue weighted by Gasteiger charge is -2.13. The number of rotatable bonds is 2. The lowest BCUT2D eigenvalue weighted by molar-refractivity contribution is -0.143. The minimum atomic E-state index is -4.77. The van der Waals surface area contributed by atoms with Crippen molar-refractivity contribution in [3.05, 3.63) is 35.7 Å². The van der Waals surface area contributed by atoms with Gasteiger partial charge in [-0.3, -0.25) is 0 Å². The van der Waals surface area contributed by atoms with Gasteiger partial charge in [0.05, 0.1) is 11.9 Å². The van der Waals surface area contributed by atoms with E-state index in [1.54, 1.807) is 12.2 Å². The molecule has 0 aromatic carbocycles. The average Bonchev–Trinajstić information content (AvgIpc) is 2.74. The number of halogens is 3. The molecule has 4 nitrogen and oxygen atoms in total. The van der Waals surface area contributed by atoms with Crippen LogP contribution in [0.4, 0.5) is 13.2 Å². The Bertz CT molecular complexity index is 541. The molecule has 1 N–H and O–H groups in total. The Morgan fingerprint density at radius 3 is 2.61 bits per heavy atom. The number of hydrogen-bond acceptors (Lipinski definition) is 2. The maximum Gasteiger partial charge on any atom is 0.434 e. The molecular weight excluding hydrogens is 249 g/mol. The van der Waals surface area contributed by atoms with Crippen molar-refractivity contribution in [2.75, 3.05) is 0 Å². The lowest BCUT2D eigenvalue weighted by atomic mass is 10.1. The molecule has 0 aliphatic heterocycles. The van der Waals surface area contributed by atoms with Crippen molar-refractivity contribution in [2.24, 2.45) is 0 Å². The summed E-state index contributed by atoms with van der Waals surface area (Å²) in [5.41, 5.74) is -1.86. The highest BCUT2D eigenvalue weighted by molar-refractivity contribution is 5.89. The molecule has 1 aromatic heterocycles. The van der Waals surface area contributed by atoms with Gasteiger partial charge in [-0.15, -0.1) is 0 Å². The number of alkyl halides is 3. The van der Waals surface area contributed by atoms with Crippen LogP contribution in [0.15, 0.2) is 24.4 Å². The summed E-state index contributed by atoms with van der Waals surface area (Å²) in [5.74, 6) is -1.64. The van der Waals surface area contributed by atoms with Gasteiger partial charge in [-0.25, -0.2) is 9.48 Å². The predicted molar refractivity (Wildman–Crippen MR) is 56.8 cm³/mol. The van der Waals surface area contributed by atoms with Crippen LogP contribution in [0, 0.1) is 0 Å². The fraction of sp³-hybridized carbons (Fsp3) is 0.273. The van der Waals surface area contributed by atoms with Crippen LogP contribution in [-0.2, 0) is 6.18 Å². The second-order valence-electron chi connectivity index (χ2n) is 3.73. The number of carboxylic acid groups (broad SMARTS) is 1. The van der Waals surface area contributed by atoms with E-state index in [-0.39, 0.29) is 5.70 Å². The number of aromatic carboxylic acids is 1. The first-order chi connectivity index (χ1) is 8.41. The first kappa shape index (κ1) is 12.4. The second kappa shape index (κ2) is 4.32. The van der Waals surface area contributed by atoms with Crippen molar-refractivity contribution < 1.29 is 23.1 Å². The van der Waals surface area contributed by atoms with Gasteiger partial charge in [-0.05, 0) is 18.9 Å². The van der Waals surface area contributed by atoms with Crippen LogP contribution in [0.3, 0.4) is 0 Å². The Morgan fingerprint density at radius 1 is 1.39 bits per heavy atom. The summed E-state index contributed by atoms with van der Waals surface area (Å²) >= 11 is 0. The van der Waals surface area contributed by atoms with E-state index < -0.39 is 23.4 Å². The van der Waals surface area contributed by atoms with E-state index in [4.69, 9.17) is 5.11 Å². The fourth-order valence-corrected chi connectivity index (χ4v) is 1.73. The van der Waals surface area contributed by atoms with Gasteiger partial charge >= 0.3 is 12.1 Å². The van der Waals surface area contributed by atoms with Gasteiger partial charge in [0.15, 0.2) is 5.69 Å². The third kappa shape index (κ3) is 2.15. The van der Waals surface area contributed by atoms with Crippen LogP contribution in [-0.4, -0.2) is 20.9 Å². The maximum absolute atomic E-state index is 12.9. The first-order valence-corrected chi connectivity index (χ1v) is 5.17. The molecule has 2 rings (SSSR count). The van der Waals surface area contributed by atoms with Crippen LogP contribution >= 0.6 is 0 Å². The lowest BCUT2D eigenvalue weighted by Crippen LogP contribution is -2.18. The van der Waals surface area contributed by atoms with E-state index in [9.17, 15) is 18.0 Å². The first-order valence-electron chi connectivity index (χ1n) is 5.17. The zero-order valence-corrected chi connectivity index (χ0v) is 9.11. The topological polar surface area (TPSA) is 55.1 Å². The molecular formula is C11H9F3N2O2. The van der Waals surface area contributed by atoms with E-state index >= 15 is 0 Å². The Balaban J connectivity index is 2.58. The SMILES string of the molecule is O=C(O)c1cnn(C2=CCCC=C2)c1C(F)(F)F. The third-order valence-corrected chi connectivity index (χ3v) is 2.49. The molecule has 0 fully saturated rings. The van der Waals surface area contributed by atoms with Gasteiger partial charge < -0.3 is 5.11 Å². The third-order valence-electron chi connectivity index (χ3n) is 2.49. The summed E-state index contributed by atoms with van der Waals surface area (Å²) in [4.78, 5) is 10.8. The zero-order chi connectivity index (χ0) is 13.3. The van der Waals surface area contributed by atoms with Crippen molar-refractivity contribution >= 4 is 11.7 Å². The fourth-order valence-electron chi connectivity index (χ4n) is 1.73. The van der Waals surface area contributed by atoms with Gasteiger partial charge in [0.2, 0.25) is 0 Å². The van der Waals surface area contributed by atoms with Crippen LogP contribution in [0.5, 0.6) is 0 Å². The molecule has 0 radical (unpaired) electrons. The molecule has 1 heterocycles. The van der Waals surface area contributed by atoms with E-state index in [1.165, 1.54) is 6.08 Å². The van der Waals surface area contributed by atoms with E-state index in [1.807, 2.05) is 0 Å². The van der Waals surface area contributed by atoms with E-state index in [0.29, 0.717) is 17.3 Å². The number of hydrogen-bond donors (Lipinski definition) is 1. The summed E-state index contributed by atoms with van der Waals surface area (Å²) in [7, 11) is 0. The monoisotopic (exact) mass is 258 g/mol. The van der Waals surface area contributed by atoms with Gasteiger partial charge in [-0.1, -0.05) is 12.2 Å². The van der Waals surface area contributed by atoms with Crippen molar-refractivity contribution in [3.8, 4) is 0 Å². The largest absolute Gasteiger partial charge is 0.478 e. The number of allylic oxidation sites excluding steroid dienone is 4. The number of aromatic nitrogens is 2. The molecule has 0 amide bonds. The van der Waals surface area contributed by atoms with Crippen molar-refractivity contribution in [3.63, 3.8) is 0 Å². The molecule has 96 valence electrons. The summed E-state index contributed by atoms with van der Waals surface area (Å²) in [6.45, 7) is 0. The van der Waals surface area contributed by atoms with Crippen molar-refractivity contribution in [2.45, 2.75) is 19.0 Å². The number of carbonyl (C=O) groups is 1. The summed E-state index contributed by atoms with van der Waals surface area (Å²) in [5, 5.41) is 12.3. The zero-order valence-electron chi connectivity index (χ0n) is 9.11. The maximum atomic E-state index is 12.9. The Labute approximate surface area is 100 Å². The molecule has 0 unspecified atom stereocenters. The molecule has 0 saturated heterocycles. The molecule has 0 bridgehead atoms. The predicted octanol–water partition coefficient (Wildman–Crippen LogP) is 2.79. The minimum absolute atomic E-state index is 0.237. The van der Waals surface area contributed by atoms with Crippen LogP contribution < -0.4 is 0 Å². The smallest absolute Gasteiger partial charge is 0.434 e. The van der Waals surface area contributed by atoms with Crippen LogP contribution in [0.2, 0.25) is 0 Å². The standard InChI is InChI=1S/C11H9F3N2O2/c12-11(13,14)9-8(10(17)18)6-15-16(9)7-4-2-1-3-5-7/h2,4-6H,1,3H2,(H,17,18). The quantitative estimate of drug-likeness (QED) is 0.887. The molecule has 0 saturated carbocycles. The van der Waals surface area contributed by atoms with Crippen LogP contribution in [0.25, 0.3) is 5.70 Å². The molecule has 1 aliphatic carbocycles. The second-order valence-corrected chi connectivity index (χ2v) is 3.73. The normalized spacial score (nSPS) is 15.6. The molecule has 1 aliphatic rings. The Hall–Kier alpha value is -2.05. The number of nitrogens with zero attached hydrogens (tertiary/aromatic N) is 2. The highest BCUT2D eigenvalue weighted by Crippen LogP contribution is 2.34. The molecule has 0 atom stereocenters. The number of carboxylic acids is 1. The van der Waals surface area contributed by atoms with Crippen LogP contribution in [0.1, 0.15) is 28.9 Å². The van der Waals surface area contributed by atoms with Gasteiger partial charge in [0, 0.05) is 0 Å². The molecule has 18 heavy (non-hydrogen) atoms. The highest BCUT2D eigenvalue weighted by atomic mass is 19.4. The summed E-state index contributed by atoms with van der Waals surface area (Å²) in [6, 6.07) is 0. The summed E-state index contributed by atoms with van der Waals surface area (Å²) < 4.78 is 39.3. The summed E-state index contributed by atoms with van der Waals surface area (Å²) in [6.07, 6.45) is 2.11. The highest BCUT2D eigenvalue weighted by Gasteiger charge is 2.40. The minimum Gasteiger partial charge on any atom is -0.478 e. The van der Waals surface area contributed by atoms with Crippen molar-refractivity contribution in [1.82, 2.24) is 9.78 Å². The van der Waals surface area contributed by atoms with Gasteiger partial charge in [0.1, 0.15) is 5.56 Å². The average molecular weight is 258 g/mol. The van der Waals surface area contributed by atoms with E-state index in [0.717, 1.165) is 6.42 Å².